The summed E-state index contributed by atoms with van der Waals surface area (Å²) in [6.07, 6.45) is 0. The molecule has 90 valence electrons. The third-order valence-electron chi connectivity index (χ3n) is 2.46. The minimum atomic E-state index is -0.0419. The van der Waals surface area contributed by atoms with Gasteiger partial charge in [0.2, 0.25) is 0 Å². The van der Waals surface area contributed by atoms with Crippen LogP contribution < -0.4 is 0 Å². The van der Waals surface area contributed by atoms with Crippen molar-refractivity contribution in [2.45, 2.75) is 23.6 Å². The highest BCUT2D eigenvalue weighted by atomic mass is 35.5. The van der Waals surface area contributed by atoms with Crippen LogP contribution in [0.4, 0.5) is 0 Å². The van der Waals surface area contributed by atoms with E-state index in [0.717, 1.165) is 21.4 Å². The van der Waals surface area contributed by atoms with Crippen LogP contribution >= 0.6 is 23.4 Å². The maximum Gasteiger partial charge on any atom is 0.195 e. The van der Waals surface area contributed by atoms with E-state index in [1.54, 1.807) is 6.07 Å². The molecule has 0 amide bonds. The first-order chi connectivity index (χ1) is 8.13. The van der Waals surface area contributed by atoms with Crippen molar-refractivity contribution in [1.29, 1.82) is 0 Å². The van der Waals surface area contributed by atoms with Gasteiger partial charge in [-0.3, -0.25) is 0 Å². The van der Waals surface area contributed by atoms with Gasteiger partial charge in [0, 0.05) is 11.9 Å². The Labute approximate surface area is 109 Å². The fourth-order valence-corrected chi connectivity index (χ4v) is 2.63. The highest BCUT2D eigenvalue weighted by Gasteiger charge is 2.12. The van der Waals surface area contributed by atoms with E-state index in [4.69, 9.17) is 11.6 Å². The second kappa shape index (κ2) is 5.08. The van der Waals surface area contributed by atoms with Gasteiger partial charge < -0.3 is 9.67 Å². The van der Waals surface area contributed by atoms with Crippen molar-refractivity contribution in [2.75, 3.05) is 0 Å². The third kappa shape index (κ3) is 2.46. The predicted octanol–water partition coefficient (Wildman–Crippen LogP) is 2.42. The molecule has 1 N–H and O–H groups in total. The van der Waals surface area contributed by atoms with Gasteiger partial charge in [0.25, 0.3) is 0 Å². The molecule has 0 saturated carbocycles. The van der Waals surface area contributed by atoms with E-state index in [2.05, 4.69) is 10.2 Å². The number of aromatic nitrogens is 3. The summed E-state index contributed by atoms with van der Waals surface area (Å²) in [4.78, 5) is 0.826. The van der Waals surface area contributed by atoms with Crippen LogP contribution in [0.2, 0.25) is 5.02 Å². The zero-order valence-corrected chi connectivity index (χ0v) is 11.1. The van der Waals surface area contributed by atoms with E-state index < -0.39 is 0 Å². The van der Waals surface area contributed by atoms with Crippen molar-refractivity contribution in [1.82, 2.24) is 14.8 Å². The van der Waals surface area contributed by atoms with Crippen LogP contribution in [0.25, 0.3) is 0 Å². The molecule has 6 heteroatoms. The summed E-state index contributed by atoms with van der Waals surface area (Å²) in [5.41, 5.74) is 0.795. The van der Waals surface area contributed by atoms with E-state index in [-0.39, 0.29) is 6.61 Å². The SMILES string of the molecule is Cc1nnc(Sc2c(Cl)cccc2CO)n1C. The van der Waals surface area contributed by atoms with Gasteiger partial charge in [0.15, 0.2) is 5.16 Å². The molecule has 4 nitrogen and oxygen atoms in total. The number of nitrogens with zero attached hydrogens (tertiary/aromatic N) is 3. The Morgan fingerprint density at radius 2 is 2.18 bits per heavy atom. The first kappa shape index (κ1) is 12.4. The van der Waals surface area contributed by atoms with Crippen LogP contribution in [-0.4, -0.2) is 19.9 Å². The Morgan fingerprint density at radius 3 is 2.76 bits per heavy atom. The second-order valence-corrected chi connectivity index (χ2v) is 4.96. The number of aryl methyl sites for hydroxylation is 1. The van der Waals surface area contributed by atoms with Gasteiger partial charge in [-0.05, 0) is 30.3 Å². The number of rotatable bonds is 3. The van der Waals surface area contributed by atoms with Crippen molar-refractivity contribution in [3.05, 3.63) is 34.6 Å². The van der Waals surface area contributed by atoms with Crippen LogP contribution in [0.15, 0.2) is 28.3 Å². The monoisotopic (exact) mass is 269 g/mol. The summed E-state index contributed by atoms with van der Waals surface area (Å²) >= 11 is 7.54. The van der Waals surface area contributed by atoms with Gasteiger partial charge in [-0.1, -0.05) is 23.7 Å². The second-order valence-electron chi connectivity index (χ2n) is 3.58. The molecule has 17 heavy (non-hydrogen) atoms. The Bertz CT molecular complexity index is 542. The molecular formula is C11H12ClN3OS. The smallest absolute Gasteiger partial charge is 0.195 e. The average Bonchev–Trinajstić information content (AvgIpc) is 2.63. The summed E-state index contributed by atoms with van der Waals surface area (Å²) in [7, 11) is 1.90. The minimum absolute atomic E-state index is 0.0419. The lowest BCUT2D eigenvalue weighted by molar-refractivity contribution is 0.279. The number of hydrogen-bond acceptors (Lipinski definition) is 4. The molecule has 2 rings (SSSR count). The number of benzene rings is 1. The molecule has 0 spiro atoms. The van der Waals surface area contributed by atoms with Gasteiger partial charge in [-0.15, -0.1) is 10.2 Å². The number of aliphatic hydroxyl groups excluding tert-OH is 1. The average molecular weight is 270 g/mol. The van der Waals surface area contributed by atoms with Crippen molar-refractivity contribution in [3.8, 4) is 0 Å². The van der Waals surface area contributed by atoms with Crippen LogP contribution in [0.1, 0.15) is 11.4 Å². The van der Waals surface area contributed by atoms with Gasteiger partial charge in [-0.2, -0.15) is 0 Å². The first-order valence-corrected chi connectivity index (χ1v) is 6.25. The summed E-state index contributed by atoms with van der Waals surface area (Å²) in [6.45, 7) is 1.84. The molecule has 1 aromatic carbocycles. The van der Waals surface area contributed by atoms with E-state index in [1.165, 1.54) is 11.8 Å². The Kier molecular flexibility index (Phi) is 3.71. The van der Waals surface area contributed by atoms with Gasteiger partial charge in [-0.25, -0.2) is 0 Å². The zero-order chi connectivity index (χ0) is 12.4. The van der Waals surface area contributed by atoms with Gasteiger partial charge in [0.1, 0.15) is 5.82 Å². The minimum Gasteiger partial charge on any atom is -0.392 e. The quantitative estimate of drug-likeness (QED) is 0.930. The van der Waals surface area contributed by atoms with Gasteiger partial charge in [0.05, 0.1) is 11.6 Å². The van der Waals surface area contributed by atoms with E-state index in [9.17, 15) is 5.11 Å². The zero-order valence-electron chi connectivity index (χ0n) is 9.51. The van der Waals surface area contributed by atoms with Crippen LogP contribution in [0, 0.1) is 6.92 Å². The van der Waals surface area contributed by atoms with Crippen molar-refractivity contribution >= 4 is 23.4 Å². The molecule has 1 heterocycles. The lowest BCUT2D eigenvalue weighted by Gasteiger charge is -2.08. The molecule has 0 fully saturated rings. The normalized spacial score (nSPS) is 10.8. The number of hydrogen-bond donors (Lipinski definition) is 1. The van der Waals surface area contributed by atoms with E-state index in [0.29, 0.717) is 5.02 Å². The van der Waals surface area contributed by atoms with Crippen LogP contribution in [0.5, 0.6) is 0 Å². The molecule has 1 aromatic heterocycles. The number of aliphatic hydroxyl groups is 1. The fourth-order valence-electron chi connectivity index (χ4n) is 1.36. The van der Waals surface area contributed by atoms with Crippen molar-refractivity contribution in [2.24, 2.45) is 7.05 Å². The van der Waals surface area contributed by atoms with E-state index in [1.807, 2.05) is 30.7 Å². The molecule has 0 aliphatic rings. The molecule has 0 aliphatic heterocycles. The Hall–Kier alpha value is -1.04. The maximum atomic E-state index is 9.28. The molecule has 0 aliphatic carbocycles. The highest BCUT2D eigenvalue weighted by Crippen LogP contribution is 2.35. The predicted molar refractivity (Wildman–Crippen MR) is 67.2 cm³/mol. The molecule has 0 saturated heterocycles. The Morgan fingerprint density at radius 1 is 1.41 bits per heavy atom. The van der Waals surface area contributed by atoms with Crippen molar-refractivity contribution in [3.63, 3.8) is 0 Å². The van der Waals surface area contributed by atoms with E-state index >= 15 is 0 Å². The summed E-state index contributed by atoms with van der Waals surface area (Å²) < 4.78 is 1.88. The van der Waals surface area contributed by atoms with Gasteiger partial charge >= 0.3 is 0 Å². The third-order valence-corrected chi connectivity index (χ3v) is 4.12. The van der Waals surface area contributed by atoms with Crippen LogP contribution in [0.3, 0.4) is 0 Å². The standard InChI is InChI=1S/C11H12ClN3OS/c1-7-13-14-11(15(7)2)17-10-8(6-16)4-3-5-9(10)12/h3-5,16H,6H2,1-2H3. The molecule has 0 unspecified atom stereocenters. The lowest BCUT2D eigenvalue weighted by atomic mass is 10.2. The molecule has 0 bridgehead atoms. The molecule has 2 aromatic rings. The largest absolute Gasteiger partial charge is 0.392 e. The highest BCUT2D eigenvalue weighted by molar-refractivity contribution is 7.99. The summed E-state index contributed by atoms with van der Waals surface area (Å²) in [5.74, 6) is 0.838. The number of halogens is 1. The summed E-state index contributed by atoms with van der Waals surface area (Å²) in [5, 5.41) is 18.7. The Balaban J connectivity index is 2.39. The molecular weight excluding hydrogens is 258 g/mol. The topological polar surface area (TPSA) is 50.9 Å². The maximum absolute atomic E-state index is 9.28. The fraction of sp³-hybridized carbons (Fsp3) is 0.273. The molecule has 0 radical (unpaired) electrons. The molecule has 0 atom stereocenters. The van der Waals surface area contributed by atoms with Crippen molar-refractivity contribution < 1.29 is 5.11 Å². The van der Waals surface area contributed by atoms with Crippen LogP contribution in [-0.2, 0) is 13.7 Å². The first-order valence-electron chi connectivity index (χ1n) is 5.05. The lowest BCUT2D eigenvalue weighted by Crippen LogP contribution is -1.95. The summed E-state index contributed by atoms with van der Waals surface area (Å²) in [6, 6.07) is 5.46.